The van der Waals surface area contributed by atoms with Gasteiger partial charge in [0.1, 0.15) is 0 Å². The van der Waals surface area contributed by atoms with Crippen LogP contribution in [0.4, 0.5) is 0 Å². The van der Waals surface area contributed by atoms with Gasteiger partial charge in [0.05, 0.1) is 11.7 Å². The summed E-state index contributed by atoms with van der Waals surface area (Å²) in [5, 5.41) is 4.07. The van der Waals surface area contributed by atoms with Crippen molar-refractivity contribution in [1.29, 1.82) is 0 Å². The van der Waals surface area contributed by atoms with Crippen molar-refractivity contribution >= 4 is 5.91 Å². The van der Waals surface area contributed by atoms with Crippen molar-refractivity contribution in [3.63, 3.8) is 0 Å². The second kappa shape index (κ2) is 4.65. The van der Waals surface area contributed by atoms with E-state index in [-0.39, 0.29) is 5.91 Å². The second-order valence-electron chi connectivity index (χ2n) is 4.56. The molecule has 16 heavy (non-hydrogen) atoms. The predicted molar refractivity (Wildman–Crippen MR) is 62.6 cm³/mol. The van der Waals surface area contributed by atoms with E-state index in [2.05, 4.69) is 5.10 Å². The van der Waals surface area contributed by atoms with Crippen molar-refractivity contribution in [3.8, 4) is 0 Å². The number of rotatable bonds is 4. The molecular formula is C11H20N4O. The van der Waals surface area contributed by atoms with Crippen LogP contribution in [0.3, 0.4) is 0 Å². The molecule has 0 saturated heterocycles. The zero-order valence-corrected chi connectivity index (χ0v) is 10.4. The van der Waals surface area contributed by atoms with Crippen molar-refractivity contribution in [2.24, 2.45) is 12.8 Å². The maximum Gasteiger partial charge on any atom is 0.242 e. The standard InChI is InChI=1S/C11H20N4O/c1-5-15(10(16)11(2,3)12)8-9-6-13-14(4)7-9/h6-7H,5,8,12H2,1-4H3. The van der Waals surface area contributed by atoms with Crippen LogP contribution in [0, 0.1) is 0 Å². The van der Waals surface area contributed by atoms with Crippen LogP contribution in [0.5, 0.6) is 0 Å². The summed E-state index contributed by atoms with van der Waals surface area (Å²) in [6.07, 6.45) is 3.67. The van der Waals surface area contributed by atoms with Gasteiger partial charge in [-0.3, -0.25) is 9.48 Å². The molecule has 2 N–H and O–H groups in total. The van der Waals surface area contributed by atoms with Crippen molar-refractivity contribution in [1.82, 2.24) is 14.7 Å². The van der Waals surface area contributed by atoms with Gasteiger partial charge in [-0.25, -0.2) is 0 Å². The Balaban J connectivity index is 2.73. The second-order valence-corrected chi connectivity index (χ2v) is 4.56. The van der Waals surface area contributed by atoms with Crippen LogP contribution in [0.2, 0.25) is 0 Å². The summed E-state index contributed by atoms with van der Waals surface area (Å²) >= 11 is 0. The first-order valence-electron chi connectivity index (χ1n) is 5.40. The van der Waals surface area contributed by atoms with Gasteiger partial charge in [-0.05, 0) is 20.8 Å². The van der Waals surface area contributed by atoms with Crippen molar-refractivity contribution in [2.45, 2.75) is 32.9 Å². The highest BCUT2D eigenvalue weighted by atomic mass is 16.2. The van der Waals surface area contributed by atoms with Crippen LogP contribution in [-0.2, 0) is 18.4 Å². The van der Waals surface area contributed by atoms with Crippen LogP contribution in [0.15, 0.2) is 12.4 Å². The third-order valence-corrected chi connectivity index (χ3v) is 2.35. The van der Waals surface area contributed by atoms with E-state index in [1.54, 1.807) is 29.6 Å². The molecule has 5 heteroatoms. The minimum Gasteiger partial charge on any atom is -0.337 e. The van der Waals surface area contributed by atoms with Gasteiger partial charge in [0.2, 0.25) is 5.91 Å². The van der Waals surface area contributed by atoms with Crippen LogP contribution in [-0.4, -0.2) is 32.7 Å². The molecule has 0 unspecified atom stereocenters. The van der Waals surface area contributed by atoms with Gasteiger partial charge < -0.3 is 10.6 Å². The first kappa shape index (κ1) is 12.7. The first-order valence-corrected chi connectivity index (χ1v) is 5.40. The van der Waals surface area contributed by atoms with Crippen molar-refractivity contribution < 1.29 is 4.79 Å². The van der Waals surface area contributed by atoms with Gasteiger partial charge in [-0.2, -0.15) is 5.10 Å². The van der Waals surface area contributed by atoms with E-state index >= 15 is 0 Å². The Labute approximate surface area is 96.2 Å². The normalized spacial score (nSPS) is 11.6. The molecule has 0 fully saturated rings. The summed E-state index contributed by atoms with van der Waals surface area (Å²) in [4.78, 5) is 13.7. The Morgan fingerprint density at radius 1 is 1.62 bits per heavy atom. The molecule has 1 amide bonds. The van der Waals surface area contributed by atoms with E-state index in [4.69, 9.17) is 5.73 Å². The van der Waals surface area contributed by atoms with Crippen LogP contribution in [0.1, 0.15) is 26.3 Å². The fourth-order valence-corrected chi connectivity index (χ4v) is 1.51. The summed E-state index contributed by atoms with van der Waals surface area (Å²) in [6, 6.07) is 0. The SMILES string of the molecule is CCN(Cc1cnn(C)c1)C(=O)C(C)(C)N. The average Bonchev–Trinajstić information content (AvgIpc) is 2.58. The number of aryl methyl sites for hydroxylation is 1. The highest BCUT2D eigenvalue weighted by molar-refractivity contribution is 5.85. The molecular weight excluding hydrogens is 204 g/mol. The molecule has 0 radical (unpaired) electrons. The van der Waals surface area contributed by atoms with Crippen molar-refractivity contribution in [2.75, 3.05) is 6.54 Å². The van der Waals surface area contributed by atoms with Gasteiger partial charge in [0, 0.05) is 31.9 Å². The van der Waals surface area contributed by atoms with Crippen molar-refractivity contribution in [3.05, 3.63) is 18.0 Å². The summed E-state index contributed by atoms with van der Waals surface area (Å²) in [7, 11) is 1.86. The molecule has 0 spiro atoms. The number of aromatic nitrogens is 2. The fourth-order valence-electron chi connectivity index (χ4n) is 1.51. The van der Waals surface area contributed by atoms with E-state index in [0.29, 0.717) is 13.1 Å². The molecule has 0 saturated carbocycles. The Kier molecular flexibility index (Phi) is 3.70. The number of nitrogens with two attached hydrogens (primary N) is 1. The molecule has 0 aliphatic heterocycles. The molecule has 1 heterocycles. The number of hydrogen-bond acceptors (Lipinski definition) is 3. The number of nitrogens with zero attached hydrogens (tertiary/aromatic N) is 3. The molecule has 1 aromatic heterocycles. The molecule has 0 aromatic carbocycles. The zero-order valence-electron chi connectivity index (χ0n) is 10.4. The highest BCUT2D eigenvalue weighted by Crippen LogP contribution is 2.09. The van der Waals surface area contributed by atoms with Gasteiger partial charge in [-0.1, -0.05) is 0 Å². The third kappa shape index (κ3) is 3.06. The summed E-state index contributed by atoms with van der Waals surface area (Å²) < 4.78 is 1.72. The number of amides is 1. The average molecular weight is 224 g/mol. The molecule has 0 aliphatic carbocycles. The van der Waals surface area contributed by atoms with E-state index < -0.39 is 5.54 Å². The molecule has 1 aromatic rings. The Hall–Kier alpha value is -1.36. The number of carbonyl (C=O) groups excluding carboxylic acids is 1. The summed E-state index contributed by atoms with van der Waals surface area (Å²) in [6.45, 7) is 6.60. The fraction of sp³-hybridized carbons (Fsp3) is 0.636. The quantitative estimate of drug-likeness (QED) is 0.810. The molecule has 1 rings (SSSR count). The molecule has 0 atom stereocenters. The van der Waals surface area contributed by atoms with Crippen LogP contribution >= 0.6 is 0 Å². The van der Waals surface area contributed by atoms with Gasteiger partial charge in [0.15, 0.2) is 0 Å². The maximum absolute atomic E-state index is 12.0. The number of carbonyl (C=O) groups is 1. The smallest absolute Gasteiger partial charge is 0.242 e. The Morgan fingerprint density at radius 3 is 2.62 bits per heavy atom. The van der Waals surface area contributed by atoms with Gasteiger partial charge in [-0.15, -0.1) is 0 Å². The van der Waals surface area contributed by atoms with E-state index in [0.717, 1.165) is 5.56 Å². The number of likely N-dealkylation sites (N-methyl/N-ethyl adjacent to an activating group) is 1. The minimum absolute atomic E-state index is 0.0427. The summed E-state index contributed by atoms with van der Waals surface area (Å²) in [5.41, 5.74) is 6.00. The van der Waals surface area contributed by atoms with E-state index in [1.165, 1.54) is 0 Å². The Morgan fingerprint density at radius 2 is 2.25 bits per heavy atom. The lowest BCUT2D eigenvalue weighted by atomic mass is 10.1. The topological polar surface area (TPSA) is 64.2 Å². The molecule has 5 nitrogen and oxygen atoms in total. The maximum atomic E-state index is 12.0. The molecule has 0 aliphatic rings. The third-order valence-electron chi connectivity index (χ3n) is 2.35. The van der Waals surface area contributed by atoms with E-state index in [1.807, 2.05) is 20.2 Å². The lowest BCUT2D eigenvalue weighted by Crippen LogP contribution is -2.50. The zero-order chi connectivity index (χ0) is 12.3. The first-order chi connectivity index (χ1) is 7.34. The lowest BCUT2D eigenvalue weighted by Gasteiger charge is -2.27. The van der Waals surface area contributed by atoms with Gasteiger partial charge >= 0.3 is 0 Å². The number of hydrogen-bond donors (Lipinski definition) is 1. The lowest BCUT2D eigenvalue weighted by molar-refractivity contribution is -0.136. The van der Waals surface area contributed by atoms with Crippen LogP contribution < -0.4 is 5.73 Å². The Bertz CT molecular complexity index is 364. The molecule has 0 bridgehead atoms. The molecule has 90 valence electrons. The van der Waals surface area contributed by atoms with Crippen LogP contribution in [0.25, 0.3) is 0 Å². The largest absolute Gasteiger partial charge is 0.337 e. The minimum atomic E-state index is -0.821. The van der Waals surface area contributed by atoms with E-state index in [9.17, 15) is 4.79 Å². The predicted octanol–water partition coefficient (Wildman–Crippen LogP) is 0.506. The van der Waals surface area contributed by atoms with Gasteiger partial charge in [0.25, 0.3) is 0 Å². The monoisotopic (exact) mass is 224 g/mol. The summed E-state index contributed by atoms with van der Waals surface area (Å²) in [5.74, 6) is -0.0427. The highest BCUT2D eigenvalue weighted by Gasteiger charge is 2.27.